The molecular formula is C14H19F3N2O2S. The van der Waals surface area contributed by atoms with E-state index in [1.54, 1.807) is 0 Å². The fourth-order valence-corrected chi connectivity index (χ4v) is 3.79. The van der Waals surface area contributed by atoms with Crippen molar-refractivity contribution in [1.82, 2.24) is 9.62 Å². The number of sulfonamides is 1. The van der Waals surface area contributed by atoms with Gasteiger partial charge in [0, 0.05) is 12.6 Å². The molecule has 0 saturated carbocycles. The lowest BCUT2D eigenvalue weighted by Crippen LogP contribution is -2.40. The molecule has 0 aliphatic carbocycles. The van der Waals surface area contributed by atoms with Gasteiger partial charge in [-0.25, -0.2) is 13.1 Å². The largest absolute Gasteiger partial charge is 0.416 e. The van der Waals surface area contributed by atoms with Crippen molar-refractivity contribution in [3.63, 3.8) is 0 Å². The van der Waals surface area contributed by atoms with Crippen LogP contribution in [-0.2, 0) is 16.2 Å². The molecular weight excluding hydrogens is 317 g/mol. The van der Waals surface area contributed by atoms with Crippen LogP contribution in [0.3, 0.4) is 0 Å². The first-order valence-corrected chi connectivity index (χ1v) is 8.63. The Morgan fingerprint density at radius 3 is 2.73 bits per heavy atom. The molecule has 1 heterocycles. The number of likely N-dealkylation sites (tertiary alicyclic amines) is 1. The molecule has 1 saturated heterocycles. The molecule has 0 spiro atoms. The summed E-state index contributed by atoms with van der Waals surface area (Å²) in [5.74, 6) is 0. The van der Waals surface area contributed by atoms with Crippen LogP contribution in [0.4, 0.5) is 13.2 Å². The maximum atomic E-state index is 12.7. The van der Waals surface area contributed by atoms with Crippen molar-refractivity contribution in [2.75, 3.05) is 19.6 Å². The highest BCUT2D eigenvalue weighted by atomic mass is 32.2. The van der Waals surface area contributed by atoms with Crippen molar-refractivity contribution in [2.45, 2.75) is 36.9 Å². The molecule has 1 atom stereocenters. The zero-order chi connectivity index (χ0) is 16.4. The van der Waals surface area contributed by atoms with Crippen molar-refractivity contribution < 1.29 is 21.6 Å². The standard InChI is InChI=1S/C14H19F3N2O2S/c1-2-19-8-4-6-12(19)10-18-22(20,21)13-7-3-5-11(9-13)14(15,16)17/h3,5,7,9,12,18H,2,4,6,8,10H2,1H3/t12-/m0/s1. The third-order valence-electron chi connectivity index (χ3n) is 3.89. The lowest BCUT2D eigenvalue weighted by atomic mass is 10.2. The molecule has 0 bridgehead atoms. The first-order valence-electron chi connectivity index (χ1n) is 7.15. The summed E-state index contributed by atoms with van der Waals surface area (Å²) in [6.45, 7) is 3.97. The van der Waals surface area contributed by atoms with Gasteiger partial charge < -0.3 is 0 Å². The number of rotatable bonds is 5. The summed E-state index contributed by atoms with van der Waals surface area (Å²) in [6.07, 6.45) is -2.67. The van der Waals surface area contributed by atoms with Crippen LogP contribution in [-0.4, -0.2) is 39.0 Å². The van der Waals surface area contributed by atoms with E-state index in [9.17, 15) is 21.6 Å². The number of likely N-dealkylation sites (N-methyl/N-ethyl adjacent to an activating group) is 1. The Morgan fingerprint density at radius 2 is 2.09 bits per heavy atom. The Kier molecular flexibility index (Phi) is 5.14. The lowest BCUT2D eigenvalue weighted by Gasteiger charge is -2.22. The van der Waals surface area contributed by atoms with E-state index in [1.807, 2.05) is 6.92 Å². The van der Waals surface area contributed by atoms with Crippen molar-refractivity contribution in [3.05, 3.63) is 29.8 Å². The van der Waals surface area contributed by atoms with E-state index in [1.165, 1.54) is 6.07 Å². The number of hydrogen-bond donors (Lipinski definition) is 1. The Bertz CT molecular complexity index is 617. The van der Waals surface area contributed by atoms with Gasteiger partial charge in [-0.1, -0.05) is 13.0 Å². The Morgan fingerprint density at radius 1 is 1.36 bits per heavy atom. The van der Waals surface area contributed by atoms with E-state index >= 15 is 0 Å². The summed E-state index contributed by atoms with van der Waals surface area (Å²) in [6, 6.07) is 3.89. The normalized spacial score (nSPS) is 20.5. The van der Waals surface area contributed by atoms with Gasteiger partial charge in [-0.3, -0.25) is 4.90 Å². The molecule has 1 fully saturated rings. The van der Waals surface area contributed by atoms with Crippen molar-refractivity contribution >= 4 is 10.0 Å². The van der Waals surface area contributed by atoms with E-state index in [0.717, 1.165) is 38.1 Å². The van der Waals surface area contributed by atoms with Crippen LogP contribution in [0.2, 0.25) is 0 Å². The topological polar surface area (TPSA) is 49.4 Å². The van der Waals surface area contributed by atoms with Gasteiger partial charge in [0.25, 0.3) is 0 Å². The SMILES string of the molecule is CCN1CCC[C@H]1CNS(=O)(=O)c1cccc(C(F)(F)F)c1. The number of nitrogens with zero attached hydrogens (tertiary/aromatic N) is 1. The Labute approximate surface area is 128 Å². The third-order valence-corrected chi connectivity index (χ3v) is 5.31. The highest BCUT2D eigenvalue weighted by Gasteiger charge is 2.32. The lowest BCUT2D eigenvalue weighted by molar-refractivity contribution is -0.137. The smallest absolute Gasteiger partial charge is 0.299 e. The van der Waals surface area contributed by atoms with Crippen LogP contribution >= 0.6 is 0 Å². The molecule has 1 aliphatic rings. The highest BCUT2D eigenvalue weighted by Crippen LogP contribution is 2.30. The minimum Gasteiger partial charge on any atom is -0.299 e. The number of alkyl halides is 3. The molecule has 0 radical (unpaired) electrons. The van der Waals surface area contributed by atoms with Gasteiger partial charge in [0.1, 0.15) is 0 Å². The predicted molar refractivity (Wildman–Crippen MR) is 76.9 cm³/mol. The van der Waals surface area contributed by atoms with Gasteiger partial charge in [0.2, 0.25) is 10.0 Å². The van der Waals surface area contributed by atoms with E-state index in [4.69, 9.17) is 0 Å². The molecule has 22 heavy (non-hydrogen) atoms. The van der Waals surface area contributed by atoms with Gasteiger partial charge in [-0.15, -0.1) is 0 Å². The third kappa shape index (κ3) is 3.99. The fourth-order valence-electron chi connectivity index (χ4n) is 2.67. The van der Waals surface area contributed by atoms with Crippen molar-refractivity contribution in [2.24, 2.45) is 0 Å². The number of halogens is 3. The molecule has 1 aromatic carbocycles. The Hall–Kier alpha value is -1.12. The minimum absolute atomic E-state index is 0.102. The van der Waals surface area contributed by atoms with Crippen LogP contribution in [0.1, 0.15) is 25.3 Å². The maximum Gasteiger partial charge on any atom is 0.416 e. The molecule has 0 amide bonds. The molecule has 8 heteroatoms. The van der Waals surface area contributed by atoms with Gasteiger partial charge in [0.15, 0.2) is 0 Å². The average Bonchev–Trinajstić information content (AvgIpc) is 2.92. The molecule has 0 aromatic heterocycles. The van der Waals surface area contributed by atoms with E-state index < -0.39 is 21.8 Å². The number of benzene rings is 1. The van der Waals surface area contributed by atoms with E-state index in [-0.39, 0.29) is 17.5 Å². The van der Waals surface area contributed by atoms with Gasteiger partial charge >= 0.3 is 6.18 Å². The molecule has 1 N–H and O–H groups in total. The molecule has 4 nitrogen and oxygen atoms in total. The van der Waals surface area contributed by atoms with E-state index in [2.05, 4.69) is 9.62 Å². The summed E-state index contributed by atoms with van der Waals surface area (Å²) in [7, 11) is -3.94. The minimum atomic E-state index is -4.56. The maximum absolute atomic E-state index is 12.7. The van der Waals surface area contributed by atoms with Crippen molar-refractivity contribution in [3.8, 4) is 0 Å². The molecule has 1 aliphatic heterocycles. The summed E-state index contributed by atoms with van der Waals surface area (Å²) in [5.41, 5.74) is -0.966. The molecule has 1 aromatic rings. The van der Waals surface area contributed by atoms with Crippen LogP contribution < -0.4 is 4.72 Å². The second kappa shape index (κ2) is 6.55. The molecule has 2 rings (SSSR count). The van der Waals surface area contributed by atoms with Crippen LogP contribution in [0.15, 0.2) is 29.2 Å². The van der Waals surface area contributed by atoms with Crippen LogP contribution in [0.5, 0.6) is 0 Å². The zero-order valence-electron chi connectivity index (χ0n) is 12.2. The summed E-state index contributed by atoms with van der Waals surface area (Å²) in [4.78, 5) is 1.80. The first-order chi connectivity index (χ1) is 10.2. The number of nitrogens with one attached hydrogen (secondary N) is 1. The average molecular weight is 336 g/mol. The van der Waals surface area contributed by atoms with Crippen molar-refractivity contribution in [1.29, 1.82) is 0 Å². The Balaban J connectivity index is 2.10. The highest BCUT2D eigenvalue weighted by molar-refractivity contribution is 7.89. The van der Waals surface area contributed by atoms with Gasteiger partial charge in [-0.2, -0.15) is 13.2 Å². The zero-order valence-corrected chi connectivity index (χ0v) is 13.0. The second-order valence-corrected chi connectivity index (χ2v) is 7.07. The van der Waals surface area contributed by atoms with Gasteiger partial charge in [0.05, 0.1) is 10.5 Å². The van der Waals surface area contributed by atoms with Gasteiger partial charge in [-0.05, 0) is 44.1 Å². The quantitative estimate of drug-likeness (QED) is 0.899. The summed E-state index contributed by atoms with van der Waals surface area (Å²) >= 11 is 0. The summed E-state index contributed by atoms with van der Waals surface area (Å²) in [5, 5.41) is 0. The van der Waals surface area contributed by atoms with Crippen LogP contribution in [0.25, 0.3) is 0 Å². The van der Waals surface area contributed by atoms with E-state index in [0.29, 0.717) is 6.07 Å². The van der Waals surface area contributed by atoms with Crippen LogP contribution in [0, 0.1) is 0 Å². The monoisotopic (exact) mass is 336 g/mol. The molecule has 124 valence electrons. The molecule has 0 unspecified atom stereocenters. The fraction of sp³-hybridized carbons (Fsp3) is 0.571. The summed E-state index contributed by atoms with van der Waals surface area (Å²) < 4.78 is 64.7. The first kappa shape index (κ1) is 17.2. The predicted octanol–water partition coefficient (Wildman–Crippen LogP) is 2.47. The number of hydrogen-bond acceptors (Lipinski definition) is 3. The second-order valence-electron chi connectivity index (χ2n) is 5.30.